The van der Waals surface area contributed by atoms with Gasteiger partial charge in [0.1, 0.15) is 11.7 Å². The number of hydrogen-bond acceptors (Lipinski definition) is 4. The highest BCUT2D eigenvalue weighted by molar-refractivity contribution is 6.02. The third kappa shape index (κ3) is 3.77. The van der Waals surface area contributed by atoms with Gasteiger partial charge >= 0.3 is 5.97 Å². The summed E-state index contributed by atoms with van der Waals surface area (Å²) in [6.45, 7) is 0.748. The molecule has 0 saturated carbocycles. The second kappa shape index (κ2) is 7.87. The first-order valence-electron chi connectivity index (χ1n) is 8.39. The van der Waals surface area contributed by atoms with Gasteiger partial charge in [0.15, 0.2) is 0 Å². The van der Waals surface area contributed by atoms with Crippen LogP contribution in [0.25, 0.3) is 5.57 Å². The number of rotatable bonds is 5. The molecule has 1 aliphatic rings. The van der Waals surface area contributed by atoms with Gasteiger partial charge in [-0.05, 0) is 28.8 Å². The summed E-state index contributed by atoms with van der Waals surface area (Å²) in [4.78, 5) is 26.7. The molecule has 5 heteroatoms. The Hall–Kier alpha value is -3.08. The van der Waals surface area contributed by atoms with Gasteiger partial charge in [-0.15, -0.1) is 0 Å². The largest absolute Gasteiger partial charge is 0.497 e. The van der Waals surface area contributed by atoms with Gasteiger partial charge < -0.3 is 14.4 Å². The monoisotopic (exact) mass is 351 g/mol. The minimum Gasteiger partial charge on any atom is -0.497 e. The van der Waals surface area contributed by atoms with Crippen molar-refractivity contribution in [3.63, 3.8) is 0 Å². The molecule has 2 aromatic carbocycles. The van der Waals surface area contributed by atoms with E-state index in [0.717, 1.165) is 16.9 Å². The third-order valence-electron chi connectivity index (χ3n) is 4.49. The lowest BCUT2D eigenvalue weighted by Gasteiger charge is -2.31. The molecular formula is C21H21NO4. The highest BCUT2D eigenvalue weighted by atomic mass is 16.5. The fourth-order valence-corrected chi connectivity index (χ4v) is 3.09. The summed E-state index contributed by atoms with van der Waals surface area (Å²) in [7, 11) is 2.96. The van der Waals surface area contributed by atoms with Crippen molar-refractivity contribution in [3.8, 4) is 5.75 Å². The number of carbonyl (C=O) groups excluding carboxylic acids is 2. The molecule has 134 valence electrons. The van der Waals surface area contributed by atoms with Crippen LogP contribution in [0.2, 0.25) is 0 Å². The molecule has 0 aromatic heterocycles. The standard InChI is InChI=1S/C21H21NO4/c1-25-17-10-8-16(9-11-17)18-12-20(23)22(14-19(18)21(24)26-2)13-15-6-4-3-5-7-15/h3-12,19H,13-14H2,1-2H3. The summed E-state index contributed by atoms with van der Waals surface area (Å²) in [6.07, 6.45) is 1.54. The molecule has 2 aromatic rings. The van der Waals surface area contributed by atoms with E-state index in [-0.39, 0.29) is 18.4 Å². The Morgan fingerprint density at radius 1 is 1.08 bits per heavy atom. The Balaban J connectivity index is 1.90. The normalized spacial score (nSPS) is 16.8. The van der Waals surface area contributed by atoms with Gasteiger partial charge in [0.05, 0.1) is 14.2 Å². The number of nitrogens with zero attached hydrogens (tertiary/aromatic N) is 1. The van der Waals surface area contributed by atoms with Gasteiger partial charge in [0.2, 0.25) is 5.91 Å². The first kappa shape index (κ1) is 17.7. The lowest BCUT2D eigenvalue weighted by molar-refractivity contribution is -0.145. The zero-order chi connectivity index (χ0) is 18.5. The predicted octanol–water partition coefficient (Wildman–Crippen LogP) is 2.91. The molecular weight excluding hydrogens is 330 g/mol. The maximum Gasteiger partial charge on any atom is 0.314 e. The number of methoxy groups -OCH3 is 2. The van der Waals surface area contributed by atoms with E-state index in [1.807, 2.05) is 54.6 Å². The average molecular weight is 351 g/mol. The lowest BCUT2D eigenvalue weighted by atomic mass is 9.88. The van der Waals surface area contributed by atoms with Crippen molar-refractivity contribution in [1.82, 2.24) is 4.90 Å². The fraction of sp³-hybridized carbons (Fsp3) is 0.238. The number of carbonyl (C=O) groups is 2. The number of ether oxygens (including phenoxy) is 2. The van der Waals surface area contributed by atoms with Gasteiger partial charge in [-0.3, -0.25) is 9.59 Å². The number of esters is 1. The second-order valence-corrected chi connectivity index (χ2v) is 6.11. The van der Waals surface area contributed by atoms with E-state index in [9.17, 15) is 9.59 Å². The Morgan fingerprint density at radius 2 is 1.77 bits per heavy atom. The second-order valence-electron chi connectivity index (χ2n) is 6.11. The summed E-state index contributed by atoms with van der Waals surface area (Å²) in [6, 6.07) is 17.0. The van der Waals surface area contributed by atoms with Crippen LogP contribution in [0.4, 0.5) is 0 Å². The molecule has 0 spiro atoms. The molecule has 1 unspecified atom stereocenters. The van der Waals surface area contributed by atoms with Crippen molar-refractivity contribution >= 4 is 17.4 Å². The van der Waals surface area contributed by atoms with Crippen LogP contribution in [-0.4, -0.2) is 37.5 Å². The summed E-state index contributed by atoms with van der Waals surface area (Å²) < 4.78 is 10.1. The van der Waals surface area contributed by atoms with Crippen LogP contribution >= 0.6 is 0 Å². The highest BCUT2D eigenvalue weighted by Crippen LogP contribution is 2.31. The fourth-order valence-electron chi connectivity index (χ4n) is 3.09. The topological polar surface area (TPSA) is 55.8 Å². The van der Waals surface area contributed by atoms with E-state index < -0.39 is 5.92 Å². The molecule has 1 amide bonds. The van der Waals surface area contributed by atoms with Crippen molar-refractivity contribution in [2.75, 3.05) is 20.8 Å². The molecule has 0 aliphatic carbocycles. The van der Waals surface area contributed by atoms with Crippen LogP contribution in [0.3, 0.4) is 0 Å². The van der Waals surface area contributed by atoms with Crippen molar-refractivity contribution in [3.05, 3.63) is 71.8 Å². The Kier molecular flexibility index (Phi) is 5.37. The maximum absolute atomic E-state index is 12.6. The first-order valence-corrected chi connectivity index (χ1v) is 8.39. The van der Waals surface area contributed by atoms with E-state index in [1.165, 1.54) is 13.2 Å². The molecule has 0 N–H and O–H groups in total. The van der Waals surface area contributed by atoms with Crippen molar-refractivity contribution in [1.29, 1.82) is 0 Å². The number of hydrogen-bond donors (Lipinski definition) is 0. The van der Waals surface area contributed by atoms with E-state index in [2.05, 4.69) is 0 Å². The molecule has 1 atom stereocenters. The van der Waals surface area contributed by atoms with Crippen LogP contribution in [0, 0.1) is 5.92 Å². The van der Waals surface area contributed by atoms with Gasteiger partial charge in [-0.25, -0.2) is 0 Å². The smallest absolute Gasteiger partial charge is 0.314 e. The van der Waals surface area contributed by atoms with Gasteiger partial charge in [-0.1, -0.05) is 42.5 Å². The van der Waals surface area contributed by atoms with Crippen molar-refractivity contribution in [2.24, 2.45) is 5.92 Å². The van der Waals surface area contributed by atoms with Crippen LogP contribution < -0.4 is 4.74 Å². The minimum absolute atomic E-state index is 0.111. The molecule has 0 bridgehead atoms. The van der Waals surface area contributed by atoms with Crippen LogP contribution in [-0.2, 0) is 20.9 Å². The van der Waals surface area contributed by atoms with E-state index in [0.29, 0.717) is 12.1 Å². The van der Waals surface area contributed by atoms with E-state index in [1.54, 1.807) is 12.0 Å². The summed E-state index contributed by atoms with van der Waals surface area (Å²) in [5.41, 5.74) is 2.51. The molecule has 1 heterocycles. The average Bonchev–Trinajstić information content (AvgIpc) is 2.69. The zero-order valence-corrected chi connectivity index (χ0v) is 14.8. The van der Waals surface area contributed by atoms with Crippen LogP contribution in [0.15, 0.2) is 60.7 Å². The Labute approximate surface area is 152 Å². The molecule has 5 nitrogen and oxygen atoms in total. The molecule has 0 saturated heterocycles. The van der Waals surface area contributed by atoms with E-state index >= 15 is 0 Å². The summed E-state index contributed by atoms with van der Waals surface area (Å²) in [5.74, 6) is -0.260. The van der Waals surface area contributed by atoms with Crippen molar-refractivity contribution in [2.45, 2.75) is 6.54 Å². The van der Waals surface area contributed by atoms with Crippen LogP contribution in [0.1, 0.15) is 11.1 Å². The summed E-state index contributed by atoms with van der Waals surface area (Å²) >= 11 is 0. The number of amides is 1. The number of benzene rings is 2. The quantitative estimate of drug-likeness (QED) is 0.777. The van der Waals surface area contributed by atoms with Crippen LogP contribution in [0.5, 0.6) is 5.75 Å². The molecule has 26 heavy (non-hydrogen) atoms. The molecule has 0 radical (unpaired) electrons. The zero-order valence-electron chi connectivity index (χ0n) is 14.8. The Bertz CT molecular complexity index is 812. The third-order valence-corrected chi connectivity index (χ3v) is 4.49. The summed E-state index contributed by atoms with van der Waals surface area (Å²) in [5, 5.41) is 0. The lowest BCUT2D eigenvalue weighted by Crippen LogP contribution is -2.41. The van der Waals surface area contributed by atoms with Gasteiger partial charge in [0.25, 0.3) is 0 Å². The van der Waals surface area contributed by atoms with Gasteiger partial charge in [-0.2, -0.15) is 0 Å². The van der Waals surface area contributed by atoms with E-state index in [4.69, 9.17) is 9.47 Å². The highest BCUT2D eigenvalue weighted by Gasteiger charge is 2.33. The Morgan fingerprint density at radius 3 is 2.38 bits per heavy atom. The maximum atomic E-state index is 12.6. The van der Waals surface area contributed by atoms with Gasteiger partial charge in [0, 0.05) is 19.2 Å². The predicted molar refractivity (Wildman–Crippen MR) is 98.3 cm³/mol. The van der Waals surface area contributed by atoms with Crippen molar-refractivity contribution < 1.29 is 19.1 Å². The SMILES string of the molecule is COC(=O)C1CN(Cc2ccccc2)C(=O)C=C1c1ccc(OC)cc1. The first-order chi connectivity index (χ1) is 12.6. The minimum atomic E-state index is -0.519. The molecule has 1 aliphatic heterocycles. The molecule has 0 fully saturated rings. The molecule has 3 rings (SSSR count).